The fourth-order valence-corrected chi connectivity index (χ4v) is 5.78. The number of carbonyl (C=O) groups is 1. The Morgan fingerprint density at radius 3 is 2.43 bits per heavy atom. The van der Waals surface area contributed by atoms with Crippen molar-refractivity contribution in [1.82, 2.24) is 14.9 Å². The van der Waals surface area contributed by atoms with E-state index in [1.54, 1.807) is 0 Å². The zero-order valence-electron chi connectivity index (χ0n) is 18.1. The minimum atomic E-state index is -5.78. The molecule has 9 N–H and O–H groups in total. The number of nitrogens with zero attached hydrogens (tertiary/aromatic N) is 2. The Labute approximate surface area is 211 Å². The van der Waals surface area contributed by atoms with Crippen LogP contribution in [-0.4, -0.2) is 82.6 Å². The number of hydrogen-bond donors (Lipinski definition) is 8. The van der Waals surface area contributed by atoms with Crippen LogP contribution in [0.1, 0.15) is 11.8 Å². The zero-order valence-corrected chi connectivity index (χ0v) is 21.5. The molecule has 0 saturated carbocycles. The number of phosphoric ester groups is 1. The van der Waals surface area contributed by atoms with Gasteiger partial charge in [-0.2, -0.15) is 13.6 Å². The molecule has 0 spiro atoms. The Morgan fingerprint density at radius 1 is 1.19 bits per heavy atom. The SMILES string of the molecule is Nc1nc(=O)n([C@@H]2O[C@H](COP(=O)(O)OP(=O)(O)OP(=O)(O)O)[C@@H](O)[C@H]2O)cc1C#CCNC(=O)CCl. The molecule has 2 unspecified atom stereocenters. The van der Waals surface area contributed by atoms with Gasteiger partial charge in [0.25, 0.3) is 0 Å². The van der Waals surface area contributed by atoms with Crippen LogP contribution < -0.4 is 16.7 Å². The molecule has 2 rings (SSSR count). The van der Waals surface area contributed by atoms with E-state index in [-0.39, 0.29) is 23.8 Å². The Kier molecular flexibility index (Phi) is 10.6. The van der Waals surface area contributed by atoms with Gasteiger partial charge in [-0.25, -0.2) is 18.5 Å². The van der Waals surface area contributed by atoms with Crippen LogP contribution in [0.15, 0.2) is 11.0 Å². The molecular formula is C14H20ClN4O15P3. The van der Waals surface area contributed by atoms with Crippen molar-refractivity contribution < 1.29 is 66.2 Å². The number of aliphatic hydroxyl groups excluding tert-OH is 2. The lowest BCUT2D eigenvalue weighted by Gasteiger charge is -2.19. The molecule has 208 valence electrons. The summed E-state index contributed by atoms with van der Waals surface area (Å²) in [5, 5.41) is 22.9. The van der Waals surface area contributed by atoms with Crippen molar-refractivity contribution in [2.45, 2.75) is 24.5 Å². The van der Waals surface area contributed by atoms with Crippen LogP contribution in [0.3, 0.4) is 0 Å². The molecule has 23 heteroatoms. The minimum Gasteiger partial charge on any atom is -0.387 e. The molecule has 0 aromatic carbocycles. The molecule has 1 fully saturated rings. The normalized spacial score (nSPS) is 24.9. The third-order valence-electron chi connectivity index (χ3n) is 4.13. The largest absolute Gasteiger partial charge is 0.490 e. The van der Waals surface area contributed by atoms with Crippen molar-refractivity contribution in [3.8, 4) is 11.8 Å². The highest BCUT2D eigenvalue weighted by molar-refractivity contribution is 7.66. The summed E-state index contributed by atoms with van der Waals surface area (Å²) in [7, 11) is -16.9. The van der Waals surface area contributed by atoms with Crippen molar-refractivity contribution >= 4 is 46.8 Å². The third kappa shape index (κ3) is 9.52. The number of carbonyl (C=O) groups excluding carboxylic acids is 1. The maximum Gasteiger partial charge on any atom is 0.490 e. The molecule has 1 aromatic heterocycles. The quantitative estimate of drug-likeness (QED) is 0.0768. The van der Waals surface area contributed by atoms with Gasteiger partial charge in [-0.3, -0.25) is 13.9 Å². The number of halogens is 1. The lowest BCUT2D eigenvalue weighted by Crippen LogP contribution is -2.36. The number of phosphoric acid groups is 3. The van der Waals surface area contributed by atoms with Crippen LogP contribution in [-0.2, 0) is 36.4 Å². The van der Waals surface area contributed by atoms with Gasteiger partial charge in [-0.1, -0.05) is 11.8 Å². The molecule has 19 nitrogen and oxygen atoms in total. The number of anilines is 1. The van der Waals surface area contributed by atoms with Gasteiger partial charge in [-0.15, -0.1) is 11.6 Å². The summed E-state index contributed by atoms with van der Waals surface area (Å²) >= 11 is 5.33. The second kappa shape index (κ2) is 12.4. The number of rotatable bonds is 10. The van der Waals surface area contributed by atoms with Gasteiger partial charge in [0.1, 0.15) is 30.0 Å². The molecule has 1 aliphatic heterocycles. The Balaban J connectivity index is 2.14. The summed E-state index contributed by atoms with van der Waals surface area (Å²) in [6.07, 6.45) is -5.98. The van der Waals surface area contributed by atoms with Crippen LogP contribution in [0.5, 0.6) is 0 Å². The van der Waals surface area contributed by atoms with E-state index in [0.29, 0.717) is 4.57 Å². The number of hydrogen-bond acceptors (Lipinski definition) is 13. The van der Waals surface area contributed by atoms with E-state index in [2.05, 4.69) is 35.3 Å². The third-order valence-corrected chi connectivity index (χ3v) is 8.17. The lowest BCUT2D eigenvalue weighted by molar-refractivity contribution is -0.118. The van der Waals surface area contributed by atoms with Crippen molar-refractivity contribution in [2.24, 2.45) is 0 Å². The molecule has 1 aliphatic rings. The topological polar surface area (TPSA) is 300 Å². The fraction of sp³-hybridized carbons (Fsp3) is 0.500. The number of nitrogens with one attached hydrogen (secondary N) is 1. The van der Waals surface area contributed by atoms with Gasteiger partial charge in [-0.05, 0) is 0 Å². The summed E-state index contributed by atoms with van der Waals surface area (Å²) in [6, 6.07) is 0. The number of nitrogen functional groups attached to an aromatic ring is 1. The van der Waals surface area contributed by atoms with Crippen LogP contribution >= 0.6 is 35.1 Å². The first-order valence-electron chi connectivity index (χ1n) is 9.45. The highest BCUT2D eigenvalue weighted by atomic mass is 35.5. The average molecular weight is 613 g/mol. The summed E-state index contributed by atoms with van der Waals surface area (Å²) in [5.74, 6) is 3.94. The number of aromatic nitrogens is 2. The Morgan fingerprint density at radius 2 is 1.84 bits per heavy atom. The summed E-state index contributed by atoms with van der Waals surface area (Å²) in [6.45, 7) is -1.23. The molecule has 37 heavy (non-hydrogen) atoms. The minimum absolute atomic E-state index is 0.0401. The maximum atomic E-state index is 12.3. The second-order valence-electron chi connectivity index (χ2n) is 6.87. The summed E-state index contributed by atoms with van der Waals surface area (Å²) in [5.41, 5.74) is 4.55. The molecule has 0 bridgehead atoms. The van der Waals surface area contributed by atoms with Crippen molar-refractivity contribution in [3.63, 3.8) is 0 Å². The van der Waals surface area contributed by atoms with Crippen molar-refractivity contribution in [2.75, 3.05) is 24.8 Å². The van der Waals surface area contributed by atoms with Crippen LogP contribution in [0.2, 0.25) is 0 Å². The molecule has 0 radical (unpaired) electrons. The molecule has 1 saturated heterocycles. The van der Waals surface area contributed by atoms with E-state index in [4.69, 9.17) is 36.8 Å². The standard InChI is InChI=1S/C14H20ClN4O15P3/c15-4-9(20)17-3-1-2-7-5-19(14(23)18-12(7)16)13-11(22)10(21)8(32-13)6-31-36(27,28)34-37(29,30)33-35(24,25)26/h5,8,10-11,13,21-22H,3-4,6H2,(H,17,20)(H,27,28)(H,29,30)(H2,16,18,23)(H2,24,25,26)/t8-,10-,11-,13-/m1/s1. The van der Waals surface area contributed by atoms with Crippen LogP contribution in [0, 0.1) is 11.8 Å². The van der Waals surface area contributed by atoms with Gasteiger partial charge < -0.3 is 45.6 Å². The van der Waals surface area contributed by atoms with E-state index < -0.39 is 66.2 Å². The molecule has 0 aliphatic carbocycles. The van der Waals surface area contributed by atoms with E-state index in [1.807, 2.05) is 0 Å². The fourth-order valence-electron chi connectivity index (χ4n) is 2.66. The number of ether oxygens (including phenoxy) is 1. The Hall–Kier alpha value is -1.71. The van der Waals surface area contributed by atoms with E-state index in [9.17, 15) is 38.4 Å². The smallest absolute Gasteiger partial charge is 0.387 e. The molecule has 6 atom stereocenters. The highest BCUT2D eigenvalue weighted by Crippen LogP contribution is 2.66. The van der Waals surface area contributed by atoms with E-state index in [0.717, 1.165) is 6.20 Å². The van der Waals surface area contributed by atoms with Gasteiger partial charge in [0.2, 0.25) is 5.91 Å². The second-order valence-corrected chi connectivity index (χ2v) is 11.6. The Bertz CT molecular complexity index is 1270. The summed E-state index contributed by atoms with van der Waals surface area (Å²) < 4.78 is 51.3. The number of aliphatic hydroxyl groups is 2. The van der Waals surface area contributed by atoms with Gasteiger partial charge >= 0.3 is 29.2 Å². The van der Waals surface area contributed by atoms with Gasteiger partial charge in [0, 0.05) is 6.20 Å². The first-order valence-corrected chi connectivity index (χ1v) is 14.5. The number of alkyl halides is 1. The molecule has 2 heterocycles. The van der Waals surface area contributed by atoms with E-state index >= 15 is 0 Å². The van der Waals surface area contributed by atoms with Crippen molar-refractivity contribution in [1.29, 1.82) is 0 Å². The average Bonchev–Trinajstić information content (AvgIpc) is 3.02. The highest BCUT2D eigenvalue weighted by Gasteiger charge is 2.47. The molecular weight excluding hydrogens is 593 g/mol. The van der Waals surface area contributed by atoms with E-state index in [1.165, 1.54) is 0 Å². The van der Waals surface area contributed by atoms with Gasteiger partial charge in [0.05, 0.1) is 18.7 Å². The first kappa shape index (κ1) is 31.5. The lowest BCUT2D eigenvalue weighted by atomic mass is 10.1. The van der Waals surface area contributed by atoms with Crippen molar-refractivity contribution in [3.05, 3.63) is 22.2 Å². The molecule has 1 aromatic rings. The van der Waals surface area contributed by atoms with Gasteiger partial charge in [0.15, 0.2) is 6.23 Å². The number of nitrogens with two attached hydrogens (primary N) is 1. The number of amides is 1. The van der Waals surface area contributed by atoms with Crippen LogP contribution in [0.4, 0.5) is 5.82 Å². The zero-order chi connectivity index (χ0) is 28.2. The maximum absolute atomic E-state index is 12.3. The predicted molar refractivity (Wildman–Crippen MR) is 119 cm³/mol. The monoisotopic (exact) mass is 612 g/mol. The van der Waals surface area contributed by atoms with Crippen LogP contribution in [0.25, 0.3) is 0 Å². The summed E-state index contributed by atoms with van der Waals surface area (Å²) in [4.78, 5) is 62.6. The first-order chi connectivity index (χ1) is 16.9. The molecule has 1 amide bonds. The predicted octanol–water partition coefficient (Wildman–Crippen LogP) is -2.51.